The van der Waals surface area contributed by atoms with E-state index in [1.807, 2.05) is 42.5 Å². The van der Waals surface area contributed by atoms with Gasteiger partial charge in [-0.25, -0.2) is 4.98 Å². The highest BCUT2D eigenvalue weighted by Gasteiger charge is 2.17. The Morgan fingerprint density at radius 1 is 1.10 bits per heavy atom. The van der Waals surface area contributed by atoms with Crippen LogP contribution in [0.5, 0.6) is 0 Å². The molecule has 144 valence electrons. The van der Waals surface area contributed by atoms with Crippen LogP contribution in [0.3, 0.4) is 0 Å². The van der Waals surface area contributed by atoms with Crippen molar-refractivity contribution in [3.63, 3.8) is 0 Å². The average Bonchev–Trinajstić information content (AvgIpc) is 3.35. The van der Waals surface area contributed by atoms with Gasteiger partial charge in [0.15, 0.2) is 10.8 Å². The third-order valence-electron chi connectivity index (χ3n) is 3.98. The quantitative estimate of drug-likeness (QED) is 0.514. The lowest BCUT2D eigenvalue weighted by molar-refractivity contribution is -0.116. The molecule has 0 radical (unpaired) electrons. The molecule has 0 saturated carbocycles. The molecule has 29 heavy (non-hydrogen) atoms. The van der Waals surface area contributed by atoms with Crippen molar-refractivity contribution in [3.05, 3.63) is 71.9 Å². The van der Waals surface area contributed by atoms with Gasteiger partial charge in [0.2, 0.25) is 11.9 Å². The van der Waals surface area contributed by atoms with Gasteiger partial charge in [0.25, 0.3) is 5.91 Å². The molecule has 8 nitrogen and oxygen atoms in total. The number of carbonyl (C=O) groups excluding carboxylic acids is 2. The Morgan fingerprint density at radius 2 is 1.90 bits per heavy atom. The molecule has 0 atom stereocenters. The number of pyridine rings is 1. The molecule has 0 aliphatic rings. The molecule has 0 unspecified atom stereocenters. The number of amides is 2. The van der Waals surface area contributed by atoms with E-state index in [9.17, 15) is 9.59 Å². The van der Waals surface area contributed by atoms with Crippen molar-refractivity contribution in [2.24, 2.45) is 0 Å². The highest BCUT2D eigenvalue weighted by molar-refractivity contribution is 7.14. The van der Waals surface area contributed by atoms with Gasteiger partial charge in [-0.15, -0.1) is 21.5 Å². The van der Waals surface area contributed by atoms with Crippen LogP contribution in [0.2, 0.25) is 0 Å². The number of nitrogens with one attached hydrogen (secondary N) is 1. The number of aromatic nitrogens is 4. The van der Waals surface area contributed by atoms with Gasteiger partial charge in [-0.05, 0) is 30.3 Å². The van der Waals surface area contributed by atoms with Crippen LogP contribution in [-0.4, -0.2) is 31.4 Å². The van der Waals surface area contributed by atoms with Gasteiger partial charge in [0.1, 0.15) is 0 Å². The molecule has 4 rings (SSSR count). The van der Waals surface area contributed by atoms with Crippen molar-refractivity contribution in [1.29, 1.82) is 0 Å². The number of carbonyl (C=O) groups is 2. The van der Waals surface area contributed by atoms with Gasteiger partial charge in [0, 0.05) is 24.6 Å². The predicted molar refractivity (Wildman–Crippen MR) is 112 cm³/mol. The fraction of sp³-hybridized carbons (Fsp3) is 0.0500. The van der Waals surface area contributed by atoms with Crippen LogP contribution >= 0.6 is 11.3 Å². The van der Waals surface area contributed by atoms with E-state index in [4.69, 9.17) is 0 Å². The summed E-state index contributed by atoms with van der Waals surface area (Å²) in [5, 5.41) is 12.9. The zero-order valence-electron chi connectivity index (χ0n) is 15.4. The molecule has 0 bridgehead atoms. The lowest BCUT2D eigenvalue weighted by Gasteiger charge is -2.17. The van der Waals surface area contributed by atoms with Crippen LogP contribution in [0.4, 0.5) is 16.8 Å². The number of hydrogen-bond acceptors (Lipinski definition) is 6. The highest BCUT2D eigenvalue weighted by Crippen LogP contribution is 2.29. The number of hydrogen-bond donors (Lipinski definition) is 1. The molecule has 0 saturated heterocycles. The van der Waals surface area contributed by atoms with Gasteiger partial charge in [-0.2, -0.15) is 0 Å². The molecule has 1 N–H and O–H groups in total. The molecule has 9 heteroatoms. The Balaban J connectivity index is 1.49. The molecule has 0 aliphatic heterocycles. The molecule has 1 aromatic carbocycles. The van der Waals surface area contributed by atoms with E-state index in [1.54, 1.807) is 28.1 Å². The van der Waals surface area contributed by atoms with Crippen LogP contribution in [0.25, 0.3) is 11.7 Å². The van der Waals surface area contributed by atoms with E-state index in [-0.39, 0.29) is 11.8 Å². The Morgan fingerprint density at radius 3 is 2.69 bits per heavy atom. The number of rotatable bonds is 5. The molecule has 2 amide bonds. The summed E-state index contributed by atoms with van der Waals surface area (Å²) in [5.74, 6) is -0.164. The molecule has 0 fully saturated rings. The summed E-state index contributed by atoms with van der Waals surface area (Å²) in [5.41, 5.74) is 1.95. The summed E-state index contributed by atoms with van der Waals surface area (Å²) >= 11 is 1.32. The molecule has 3 heterocycles. The van der Waals surface area contributed by atoms with Crippen LogP contribution in [0, 0.1) is 0 Å². The number of fused-ring (bicyclic) bond motifs is 1. The van der Waals surface area contributed by atoms with Crippen molar-refractivity contribution in [2.75, 3.05) is 10.2 Å². The summed E-state index contributed by atoms with van der Waals surface area (Å²) in [7, 11) is 0. The smallest absolute Gasteiger partial charge is 0.250 e. The zero-order chi connectivity index (χ0) is 20.2. The summed E-state index contributed by atoms with van der Waals surface area (Å²) in [4.78, 5) is 30.3. The van der Waals surface area contributed by atoms with Crippen molar-refractivity contribution in [1.82, 2.24) is 19.6 Å². The summed E-state index contributed by atoms with van der Waals surface area (Å²) in [6.45, 7) is 1.49. The molecule has 0 aliphatic carbocycles. The second-order valence-corrected chi connectivity index (χ2v) is 6.86. The Bertz CT molecular complexity index is 1200. The van der Waals surface area contributed by atoms with Crippen LogP contribution < -0.4 is 10.2 Å². The van der Waals surface area contributed by atoms with Crippen molar-refractivity contribution >= 4 is 51.6 Å². The number of benzene rings is 1. The maximum atomic E-state index is 12.2. The number of anilines is 3. The lowest BCUT2D eigenvalue weighted by Crippen LogP contribution is -2.22. The maximum absolute atomic E-state index is 12.2. The van der Waals surface area contributed by atoms with Gasteiger partial charge in [0.05, 0.1) is 11.4 Å². The van der Waals surface area contributed by atoms with E-state index < -0.39 is 0 Å². The second kappa shape index (κ2) is 8.03. The summed E-state index contributed by atoms with van der Waals surface area (Å²) < 4.78 is 1.68. The minimum absolute atomic E-state index is 0.141. The SMILES string of the molecule is CC(=O)N(c1ccccc1)c1nc(/C=C/C(=O)Nc2nnc3ccccn23)cs1. The fourth-order valence-corrected chi connectivity index (χ4v) is 3.55. The normalized spacial score (nSPS) is 11.1. The molecule has 3 aromatic heterocycles. The minimum atomic E-state index is -0.357. The Labute approximate surface area is 170 Å². The van der Waals surface area contributed by atoms with Gasteiger partial charge in [-0.3, -0.25) is 24.2 Å². The van der Waals surface area contributed by atoms with E-state index in [0.717, 1.165) is 5.69 Å². The average molecular weight is 404 g/mol. The van der Waals surface area contributed by atoms with E-state index in [0.29, 0.717) is 22.4 Å². The van der Waals surface area contributed by atoms with E-state index in [1.165, 1.54) is 29.2 Å². The third-order valence-corrected chi connectivity index (χ3v) is 4.83. The monoisotopic (exact) mass is 404 g/mol. The van der Waals surface area contributed by atoms with Crippen molar-refractivity contribution in [3.8, 4) is 0 Å². The van der Waals surface area contributed by atoms with Crippen LogP contribution in [0.1, 0.15) is 12.6 Å². The summed E-state index contributed by atoms with van der Waals surface area (Å²) in [6, 6.07) is 14.7. The zero-order valence-corrected chi connectivity index (χ0v) is 16.2. The largest absolute Gasteiger partial charge is 0.291 e. The molecular weight excluding hydrogens is 388 g/mol. The Hall–Kier alpha value is -3.85. The standard InChI is InChI=1S/C20H16N6O2S/c1-14(27)26(16-7-3-2-4-8-16)20-21-15(13-29-20)10-11-18(28)22-19-24-23-17-9-5-6-12-25(17)19/h2-13H,1H3,(H,22,24,28)/b11-10+. The first-order valence-corrected chi connectivity index (χ1v) is 9.60. The number of para-hydroxylation sites is 1. The van der Waals surface area contributed by atoms with Crippen molar-refractivity contribution in [2.45, 2.75) is 6.92 Å². The first-order chi connectivity index (χ1) is 14.1. The molecule has 4 aromatic rings. The maximum Gasteiger partial charge on any atom is 0.250 e. The van der Waals surface area contributed by atoms with Crippen LogP contribution in [0.15, 0.2) is 66.2 Å². The van der Waals surface area contributed by atoms with E-state index >= 15 is 0 Å². The van der Waals surface area contributed by atoms with Gasteiger partial charge >= 0.3 is 0 Å². The van der Waals surface area contributed by atoms with Crippen molar-refractivity contribution < 1.29 is 9.59 Å². The lowest BCUT2D eigenvalue weighted by atomic mass is 10.3. The number of thiazole rings is 1. The molecular formula is C20H16N6O2S. The Kier molecular flexibility index (Phi) is 5.12. The number of nitrogens with zero attached hydrogens (tertiary/aromatic N) is 5. The van der Waals surface area contributed by atoms with E-state index in [2.05, 4.69) is 20.5 Å². The van der Waals surface area contributed by atoms with Crippen LogP contribution in [-0.2, 0) is 9.59 Å². The van der Waals surface area contributed by atoms with Gasteiger partial charge < -0.3 is 0 Å². The minimum Gasteiger partial charge on any atom is -0.291 e. The summed E-state index contributed by atoms with van der Waals surface area (Å²) in [6.07, 6.45) is 4.71. The second-order valence-electron chi connectivity index (χ2n) is 6.02. The van der Waals surface area contributed by atoms with Gasteiger partial charge in [-0.1, -0.05) is 24.3 Å². The topological polar surface area (TPSA) is 92.5 Å². The first kappa shape index (κ1) is 18.5. The first-order valence-electron chi connectivity index (χ1n) is 8.72. The highest BCUT2D eigenvalue weighted by atomic mass is 32.1. The fourth-order valence-electron chi connectivity index (χ4n) is 2.70. The third kappa shape index (κ3) is 4.04. The predicted octanol–water partition coefficient (Wildman–Crippen LogP) is 3.52. The molecule has 0 spiro atoms.